The molecule has 4 rings (SSSR count). The number of halogens is 1. The summed E-state index contributed by atoms with van der Waals surface area (Å²) >= 11 is 0. The molecular formula is C26H35FO4. The lowest BCUT2D eigenvalue weighted by Crippen LogP contribution is -2.25. The molecule has 170 valence electrons. The molecule has 0 amide bonds. The maximum atomic E-state index is 13.9. The summed E-state index contributed by atoms with van der Waals surface area (Å²) in [6, 6.07) is 10.7. The summed E-state index contributed by atoms with van der Waals surface area (Å²) in [7, 11) is 0. The average molecular weight is 431 g/mol. The zero-order chi connectivity index (χ0) is 23.2. The highest BCUT2D eigenvalue weighted by Gasteiger charge is 2.42. The van der Waals surface area contributed by atoms with Gasteiger partial charge < -0.3 is 14.6 Å². The predicted molar refractivity (Wildman–Crippen MR) is 121 cm³/mol. The maximum absolute atomic E-state index is 13.9. The summed E-state index contributed by atoms with van der Waals surface area (Å²) in [4.78, 5) is 10.9. The van der Waals surface area contributed by atoms with Gasteiger partial charge in [0.25, 0.3) is 0 Å². The lowest BCUT2D eigenvalue weighted by atomic mass is 10.0. The van der Waals surface area contributed by atoms with Gasteiger partial charge in [0.2, 0.25) is 0 Å². The molecule has 5 heteroatoms. The molecule has 2 unspecified atom stereocenters. The first kappa shape index (κ1) is 24.7. The number of benzene rings is 2. The van der Waals surface area contributed by atoms with Crippen LogP contribution >= 0.6 is 0 Å². The van der Waals surface area contributed by atoms with E-state index in [-0.39, 0.29) is 29.9 Å². The Hall–Kier alpha value is -2.56. The van der Waals surface area contributed by atoms with Gasteiger partial charge in [0.15, 0.2) is 0 Å². The first-order valence-electron chi connectivity index (χ1n) is 11.3. The third-order valence-electron chi connectivity index (χ3n) is 5.26. The molecule has 2 atom stereocenters. The average Bonchev–Trinajstić information content (AvgIpc) is 3.44. The van der Waals surface area contributed by atoms with E-state index in [1.54, 1.807) is 0 Å². The van der Waals surface area contributed by atoms with Crippen molar-refractivity contribution >= 4 is 5.97 Å². The van der Waals surface area contributed by atoms with Crippen molar-refractivity contribution in [1.82, 2.24) is 0 Å². The van der Waals surface area contributed by atoms with Crippen molar-refractivity contribution in [2.45, 2.75) is 73.0 Å². The molecule has 4 nitrogen and oxygen atoms in total. The summed E-state index contributed by atoms with van der Waals surface area (Å²) < 4.78 is 25.7. The smallest absolute Gasteiger partial charge is 0.306 e. The van der Waals surface area contributed by atoms with Gasteiger partial charge in [0, 0.05) is 17.5 Å². The van der Waals surface area contributed by atoms with Crippen molar-refractivity contribution in [3.63, 3.8) is 0 Å². The van der Waals surface area contributed by atoms with Crippen LogP contribution in [0.25, 0.3) is 0 Å². The van der Waals surface area contributed by atoms with Crippen molar-refractivity contribution in [3.8, 4) is 11.5 Å². The largest absolute Gasteiger partial charge is 0.489 e. The number of hydrogen-bond donors (Lipinski definition) is 1. The zero-order valence-corrected chi connectivity index (χ0v) is 19.5. The maximum Gasteiger partial charge on any atom is 0.306 e. The quantitative estimate of drug-likeness (QED) is 0.573. The number of carboxylic acids is 1. The number of carbonyl (C=O) groups is 1. The van der Waals surface area contributed by atoms with Crippen molar-refractivity contribution < 1.29 is 23.8 Å². The molecule has 1 aliphatic carbocycles. The van der Waals surface area contributed by atoms with E-state index in [9.17, 15) is 9.18 Å². The molecule has 0 radical (unpaired) electrons. The fourth-order valence-corrected chi connectivity index (χ4v) is 3.81. The number of hydrogen-bond acceptors (Lipinski definition) is 3. The Kier molecular flexibility index (Phi) is 8.49. The normalized spacial score (nSPS) is 19.6. The van der Waals surface area contributed by atoms with Crippen LogP contribution in [0.4, 0.5) is 4.39 Å². The SMILES string of the molecule is CC.CC.CC1(C)Cc2cc(F)cc(COc3ccc(CC4CC4C(=O)O)cc3)c2O1. The fraction of sp³-hybridized carbons (Fsp3) is 0.500. The molecule has 1 heterocycles. The predicted octanol–water partition coefficient (Wildman–Crippen LogP) is 6.43. The van der Waals surface area contributed by atoms with E-state index < -0.39 is 5.97 Å². The Morgan fingerprint density at radius 2 is 1.81 bits per heavy atom. The molecule has 0 bridgehead atoms. The molecule has 2 aliphatic rings. The van der Waals surface area contributed by atoms with Gasteiger partial charge >= 0.3 is 5.97 Å². The van der Waals surface area contributed by atoms with E-state index in [0.29, 0.717) is 17.7 Å². The van der Waals surface area contributed by atoms with Gasteiger partial charge in [0.05, 0.1) is 5.92 Å². The van der Waals surface area contributed by atoms with Crippen molar-refractivity contribution in [3.05, 3.63) is 58.9 Å². The van der Waals surface area contributed by atoms with E-state index in [1.807, 2.05) is 65.8 Å². The van der Waals surface area contributed by atoms with Gasteiger partial charge in [-0.15, -0.1) is 0 Å². The third-order valence-corrected chi connectivity index (χ3v) is 5.26. The number of rotatable bonds is 6. The molecule has 0 aromatic heterocycles. The minimum Gasteiger partial charge on any atom is -0.489 e. The first-order chi connectivity index (χ1) is 14.8. The first-order valence-corrected chi connectivity index (χ1v) is 11.3. The van der Waals surface area contributed by atoms with Crippen LogP contribution in [0.2, 0.25) is 0 Å². The Balaban J connectivity index is 0.000000807. The van der Waals surface area contributed by atoms with Gasteiger partial charge in [-0.2, -0.15) is 0 Å². The Morgan fingerprint density at radius 3 is 2.39 bits per heavy atom. The summed E-state index contributed by atoms with van der Waals surface area (Å²) in [5.74, 6) is 0.491. The van der Waals surface area contributed by atoms with Gasteiger partial charge in [0.1, 0.15) is 29.5 Å². The second kappa shape index (κ2) is 10.7. The Labute approximate surface area is 185 Å². The monoisotopic (exact) mass is 430 g/mol. The highest BCUT2D eigenvalue weighted by atomic mass is 19.1. The van der Waals surface area contributed by atoms with E-state index in [0.717, 1.165) is 29.7 Å². The summed E-state index contributed by atoms with van der Waals surface area (Å²) in [6.45, 7) is 12.2. The van der Waals surface area contributed by atoms with Crippen LogP contribution in [-0.2, 0) is 24.2 Å². The molecule has 1 saturated carbocycles. The Bertz CT molecular complexity index is 874. The molecule has 31 heavy (non-hydrogen) atoms. The lowest BCUT2D eigenvalue weighted by Gasteiger charge is -2.18. The van der Waals surface area contributed by atoms with E-state index in [1.165, 1.54) is 12.1 Å². The molecular weight excluding hydrogens is 395 g/mol. The minimum absolute atomic E-state index is 0.194. The van der Waals surface area contributed by atoms with Gasteiger partial charge in [-0.25, -0.2) is 4.39 Å². The van der Waals surface area contributed by atoms with Gasteiger partial charge in [-0.05, 0) is 62.4 Å². The second-order valence-corrected chi connectivity index (χ2v) is 8.17. The molecule has 0 saturated heterocycles. The van der Waals surface area contributed by atoms with Crippen LogP contribution in [0, 0.1) is 17.7 Å². The number of aliphatic carboxylic acids is 1. The summed E-state index contributed by atoms with van der Waals surface area (Å²) in [6.07, 6.45) is 2.21. The highest BCUT2D eigenvalue weighted by molar-refractivity contribution is 5.73. The highest BCUT2D eigenvalue weighted by Crippen LogP contribution is 2.41. The summed E-state index contributed by atoms with van der Waals surface area (Å²) in [5.41, 5.74) is 2.37. The lowest BCUT2D eigenvalue weighted by molar-refractivity contribution is -0.138. The van der Waals surface area contributed by atoms with Crippen molar-refractivity contribution in [2.75, 3.05) is 0 Å². The topological polar surface area (TPSA) is 55.8 Å². The molecule has 0 spiro atoms. The standard InChI is InChI=1S/C22H23FO4.2C2H6/c1-22(2)11-15-8-17(23)9-16(20(15)27-22)12-26-18-5-3-13(4-6-18)7-14-10-19(14)21(24)25;2*1-2/h3-6,8-9,14,19H,7,10-12H2,1-2H3,(H,24,25);2*1-2H3. The van der Waals surface area contributed by atoms with E-state index in [4.69, 9.17) is 14.6 Å². The van der Waals surface area contributed by atoms with Gasteiger partial charge in [-0.3, -0.25) is 4.79 Å². The molecule has 1 N–H and O–H groups in total. The van der Waals surface area contributed by atoms with E-state index in [2.05, 4.69) is 0 Å². The van der Waals surface area contributed by atoms with Crippen molar-refractivity contribution in [1.29, 1.82) is 0 Å². The number of carboxylic acid groups (broad SMARTS) is 1. The van der Waals surface area contributed by atoms with Crippen LogP contribution in [-0.4, -0.2) is 16.7 Å². The fourth-order valence-electron chi connectivity index (χ4n) is 3.81. The van der Waals surface area contributed by atoms with Gasteiger partial charge in [-0.1, -0.05) is 39.8 Å². The van der Waals surface area contributed by atoms with Crippen LogP contribution in [0.15, 0.2) is 36.4 Å². The van der Waals surface area contributed by atoms with E-state index >= 15 is 0 Å². The molecule has 1 fully saturated rings. The van der Waals surface area contributed by atoms with Crippen LogP contribution in [0.3, 0.4) is 0 Å². The van der Waals surface area contributed by atoms with Crippen LogP contribution < -0.4 is 9.47 Å². The summed E-state index contributed by atoms with van der Waals surface area (Å²) in [5, 5.41) is 8.99. The second-order valence-electron chi connectivity index (χ2n) is 8.17. The zero-order valence-electron chi connectivity index (χ0n) is 19.5. The molecule has 2 aromatic rings. The van der Waals surface area contributed by atoms with Crippen LogP contribution in [0.5, 0.6) is 11.5 Å². The third kappa shape index (κ3) is 6.46. The van der Waals surface area contributed by atoms with Crippen molar-refractivity contribution in [2.24, 2.45) is 11.8 Å². The molecule has 2 aromatic carbocycles. The number of fused-ring (bicyclic) bond motifs is 1. The Morgan fingerprint density at radius 1 is 1.16 bits per heavy atom. The number of ether oxygens (including phenoxy) is 2. The molecule has 1 aliphatic heterocycles. The van der Waals surface area contributed by atoms with Crippen LogP contribution in [0.1, 0.15) is 64.7 Å². The minimum atomic E-state index is -0.701.